The Morgan fingerprint density at radius 2 is 1.75 bits per heavy atom. The second-order valence-corrected chi connectivity index (χ2v) is 5.50. The fraction of sp³-hybridized carbons (Fsp3) is 0.263. The first-order chi connectivity index (χ1) is 11.6. The van der Waals surface area contributed by atoms with E-state index in [1.54, 1.807) is 0 Å². The Hall–Kier alpha value is -2.66. The van der Waals surface area contributed by atoms with Crippen LogP contribution >= 0.6 is 0 Å². The predicted molar refractivity (Wildman–Crippen MR) is 92.1 cm³/mol. The number of aliphatic carboxylic acids is 1. The summed E-state index contributed by atoms with van der Waals surface area (Å²) in [7, 11) is 0. The summed E-state index contributed by atoms with van der Waals surface area (Å²) in [5.41, 5.74) is 2.24. The van der Waals surface area contributed by atoms with E-state index in [0.717, 1.165) is 11.1 Å². The maximum atomic E-state index is 11.0. The van der Waals surface area contributed by atoms with Crippen LogP contribution in [0.2, 0.25) is 0 Å². The Kier molecular flexibility index (Phi) is 6.51. The van der Waals surface area contributed by atoms with Crippen molar-refractivity contribution in [2.45, 2.75) is 25.4 Å². The van der Waals surface area contributed by atoms with Gasteiger partial charge in [-0.15, -0.1) is 0 Å². The number of carbonyl (C=O) groups excluding carboxylic acids is 1. The van der Waals surface area contributed by atoms with Gasteiger partial charge < -0.3 is 14.6 Å². The quantitative estimate of drug-likeness (QED) is 0.693. The van der Waals surface area contributed by atoms with Gasteiger partial charge in [-0.3, -0.25) is 10.1 Å². The van der Waals surface area contributed by atoms with E-state index >= 15 is 0 Å². The van der Waals surface area contributed by atoms with Crippen LogP contribution in [0.5, 0.6) is 5.75 Å². The zero-order chi connectivity index (χ0) is 17.4. The number of rotatable bonds is 9. The van der Waals surface area contributed by atoms with Crippen LogP contribution < -0.4 is 10.1 Å². The van der Waals surface area contributed by atoms with E-state index in [9.17, 15) is 9.59 Å². The van der Waals surface area contributed by atoms with Crippen LogP contribution in [0.4, 0.5) is 0 Å². The highest BCUT2D eigenvalue weighted by atomic mass is 16.5. The van der Waals surface area contributed by atoms with E-state index in [-0.39, 0.29) is 0 Å². The highest BCUT2D eigenvalue weighted by Crippen LogP contribution is 2.22. The highest BCUT2D eigenvalue weighted by molar-refractivity contribution is 5.73. The van der Waals surface area contributed by atoms with E-state index in [2.05, 4.69) is 5.32 Å². The van der Waals surface area contributed by atoms with Gasteiger partial charge in [0, 0.05) is 6.42 Å². The molecule has 5 heteroatoms. The number of ether oxygens (including phenoxy) is 1. The molecule has 0 heterocycles. The molecule has 0 aliphatic heterocycles. The number of hydrogen-bond acceptors (Lipinski definition) is 4. The number of carbonyl (C=O) groups is 2. The van der Waals surface area contributed by atoms with Crippen molar-refractivity contribution >= 4 is 12.3 Å². The third kappa shape index (κ3) is 5.21. The second kappa shape index (κ2) is 8.84. The van der Waals surface area contributed by atoms with Crippen LogP contribution in [-0.4, -0.2) is 36.1 Å². The molecule has 24 heavy (non-hydrogen) atoms. The maximum Gasteiger partial charge on any atom is 0.320 e. The normalized spacial score (nSPS) is 13.0. The molecule has 0 unspecified atom stereocenters. The molecular weight excluding hydrogens is 306 g/mol. The van der Waals surface area contributed by atoms with Crippen molar-refractivity contribution in [3.8, 4) is 16.9 Å². The Bertz CT molecular complexity index is 655. The Morgan fingerprint density at radius 3 is 2.33 bits per heavy atom. The van der Waals surface area contributed by atoms with Gasteiger partial charge in [-0.2, -0.15) is 0 Å². The van der Waals surface area contributed by atoms with Crippen molar-refractivity contribution in [1.29, 1.82) is 0 Å². The molecule has 2 N–H and O–H groups in total. The molecule has 2 rings (SSSR count). The van der Waals surface area contributed by atoms with Gasteiger partial charge in [-0.25, -0.2) is 0 Å². The summed E-state index contributed by atoms with van der Waals surface area (Å²) in [6, 6.07) is 16.4. The minimum Gasteiger partial charge on any atom is -0.494 e. The number of hydrogen-bond donors (Lipinski definition) is 2. The van der Waals surface area contributed by atoms with Gasteiger partial charge in [0.2, 0.25) is 0 Å². The fourth-order valence-corrected chi connectivity index (χ4v) is 2.26. The summed E-state index contributed by atoms with van der Waals surface area (Å²) in [4.78, 5) is 21.8. The molecule has 0 saturated heterocycles. The number of aldehydes is 1. The minimum absolute atomic E-state index is 0.327. The van der Waals surface area contributed by atoms with Crippen LogP contribution in [0, 0.1) is 0 Å². The average Bonchev–Trinajstić information content (AvgIpc) is 2.62. The summed E-state index contributed by atoms with van der Waals surface area (Å²) < 4.78 is 5.62. The molecule has 0 aromatic heterocycles. The van der Waals surface area contributed by atoms with Crippen molar-refractivity contribution in [2.24, 2.45) is 0 Å². The summed E-state index contributed by atoms with van der Waals surface area (Å²) in [5.74, 6) is -0.273. The number of nitrogens with one attached hydrogen (secondary N) is 1. The van der Waals surface area contributed by atoms with Crippen molar-refractivity contribution in [2.75, 3.05) is 6.61 Å². The van der Waals surface area contributed by atoms with E-state index in [0.29, 0.717) is 25.1 Å². The third-order valence-corrected chi connectivity index (χ3v) is 3.66. The summed E-state index contributed by atoms with van der Waals surface area (Å²) in [6.45, 7) is 1.83. The maximum absolute atomic E-state index is 11.0. The van der Waals surface area contributed by atoms with Crippen LogP contribution in [0.15, 0.2) is 54.6 Å². The molecule has 2 aromatic rings. The van der Waals surface area contributed by atoms with Crippen LogP contribution in [-0.2, 0) is 9.59 Å². The smallest absolute Gasteiger partial charge is 0.320 e. The van der Waals surface area contributed by atoms with E-state index < -0.39 is 18.1 Å². The zero-order valence-electron chi connectivity index (χ0n) is 13.5. The molecule has 0 amide bonds. The molecule has 0 aliphatic rings. The molecule has 0 aliphatic carbocycles. The van der Waals surface area contributed by atoms with Gasteiger partial charge >= 0.3 is 5.97 Å². The van der Waals surface area contributed by atoms with Crippen LogP contribution in [0.25, 0.3) is 11.1 Å². The van der Waals surface area contributed by atoms with Gasteiger partial charge in [0.15, 0.2) is 0 Å². The van der Waals surface area contributed by atoms with Crippen molar-refractivity contribution in [1.82, 2.24) is 5.32 Å². The molecule has 0 fully saturated rings. The van der Waals surface area contributed by atoms with Crippen molar-refractivity contribution < 1.29 is 19.4 Å². The average molecular weight is 327 g/mol. The molecule has 0 bridgehead atoms. The van der Waals surface area contributed by atoms with Gasteiger partial charge in [0.1, 0.15) is 18.1 Å². The zero-order valence-corrected chi connectivity index (χ0v) is 13.5. The molecule has 5 nitrogen and oxygen atoms in total. The molecule has 0 spiro atoms. The topological polar surface area (TPSA) is 75.6 Å². The van der Waals surface area contributed by atoms with Gasteiger partial charge in [-0.1, -0.05) is 42.5 Å². The van der Waals surface area contributed by atoms with Crippen LogP contribution in [0.3, 0.4) is 0 Å². The monoisotopic (exact) mass is 327 g/mol. The Balaban J connectivity index is 1.84. The first-order valence-corrected chi connectivity index (χ1v) is 7.82. The second-order valence-electron chi connectivity index (χ2n) is 5.50. The Morgan fingerprint density at radius 1 is 1.12 bits per heavy atom. The summed E-state index contributed by atoms with van der Waals surface area (Å²) >= 11 is 0. The lowest BCUT2D eigenvalue weighted by atomic mass is 10.1. The molecule has 126 valence electrons. The minimum atomic E-state index is -0.987. The van der Waals surface area contributed by atoms with E-state index in [1.807, 2.05) is 54.6 Å². The van der Waals surface area contributed by atoms with Gasteiger partial charge in [0.05, 0.1) is 12.6 Å². The predicted octanol–water partition coefficient (Wildman–Crippen LogP) is 2.75. The lowest BCUT2D eigenvalue weighted by Gasteiger charge is -2.16. The van der Waals surface area contributed by atoms with Crippen LogP contribution in [0.1, 0.15) is 13.3 Å². The molecule has 2 atom stereocenters. The lowest BCUT2D eigenvalue weighted by molar-refractivity contribution is -0.139. The third-order valence-electron chi connectivity index (χ3n) is 3.66. The highest BCUT2D eigenvalue weighted by Gasteiger charge is 2.16. The van der Waals surface area contributed by atoms with Gasteiger partial charge in [-0.05, 0) is 30.2 Å². The number of carboxylic acids is 1. The van der Waals surface area contributed by atoms with Crippen molar-refractivity contribution in [3.05, 3.63) is 54.6 Å². The standard InChI is InChI=1S/C19H21NO4/c1-14(19(22)23)20-17(13-21)11-12-24-18-9-7-16(8-10-18)15-5-3-2-4-6-15/h2-10,13-14,17,20H,11-12H2,1H3,(H,22,23)/t14-,17+/m1/s1. The largest absolute Gasteiger partial charge is 0.494 e. The summed E-state index contributed by atoms with van der Waals surface area (Å²) in [5, 5.41) is 11.6. The first-order valence-electron chi connectivity index (χ1n) is 7.82. The number of benzene rings is 2. The van der Waals surface area contributed by atoms with Gasteiger partial charge in [0.25, 0.3) is 0 Å². The van der Waals surface area contributed by atoms with E-state index in [4.69, 9.17) is 9.84 Å². The Labute approximate surface area is 141 Å². The SMILES string of the molecule is C[C@@H](N[C@H](C=O)CCOc1ccc(-c2ccccc2)cc1)C(=O)O. The van der Waals surface area contributed by atoms with Crippen molar-refractivity contribution in [3.63, 3.8) is 0 Å². The van der Waals surface area contributed by atoms with E-state index in [1.165, 1.54) is 6.92 Å². The number of carboxylic acid groups (broad SMARTS) is 1. The molecular formula is C19H21NO4. The molecule has 0 saturated carbocycles. The first kappa shape index (κ1) is 17.7. The lowest BCUT2D eigenvalue weighted by Crippen LogP contribution is -2.42. The molecule has 0 radical (unpaired) electrons. The summed E-state index contributed by atoms with van der Waals surface area (Å²) in [6.07, 6.45) is 1.11. The molecule has 2 aromatic carbocycles. The fourth-order valence-electron chi connectivity index (χ4n) is 2.26.